The molecule has 0 unspecified atom stereocenters. The zero-order valence-corrected chi connectivity index (χ0v) is 8.93. The van der Waals surface area contributed by atoms with Crippen molar-refractivity contribution in [2.75, 3.05) is 7.05 Å². The minimum atomic E-state index is -4.36. The molecule has 1 aliphatic carbocycles. The maximum absolute atomic E-state index is 12.7. The second kappa shape index (κ2) is 3.73. The average molecular weight is 230 g/mol. The van der Waals surface area contributed by atoms with E-state index in [-0.39, 0.29) is 11.1 Å². The molecule has 1 aliphatic rings. The molecular formula is C11H13F3N2. The van der Waals surface area contributed by atoms with Crippen LogP contribution in [0.15, 0.2) is 18.3 Å². The number of nitrogens with zero attached hydrogens (tertiary/aromatic N) is 1. The van der Waals surface area contributed by atoms with Crippen LogP contribution in [-0.4, -0.2) is 17.6 Å². The number of aromatic nitrogens is 1. The van der Waals surface area contributed by atoms with Crippen LogP contribution in [0.1, 0.15) is 24.1 Å². The third-order valence-corrected chi connectivity index (χ3v) is 3.07. The Morgan fingerprint density at radius 1 is 1.44 bits per heavy atom. The average Bonchev–Trinajstić information content (AvgIpc) is 2.98. The first kappa shape index (κ1) is 11.4. The molecule has 0 radical (unpaired) electrons. The van der Waals surface area contributed by atoms with E-state index in [1.807, 2.05) is 0 Å². The quantitative estimate of drug-likeness (QED) is 0.862. The molecule has 0 bridgehead atoms. The number of hydrogen-bond acceptors (Lipinski definition) is 2. The molecule has 1 saturated carbocycles. The first-order valence-corrected chi connectivity index (χ1v) is 5.17. The Balaban J connectivity index is 2.27. The van der Waals surface area contributed by atoms with Gasteiger partial charge in [0, 0.05) is 11.7 Å². The van der Waals surface area contributed by atoms with E-state index in [1.165, 1.54) is 12.3 Å². The van der Waals surface area contributed by atoms with Crippen molar-refractivity contribution in [3.63, 3.8) is 0 Å². The van der Waals surface area contributed by atoms with Gasteiger partial charge in [0.25, 0.3) is 0 Å². The lowest BCUT2D eigenvalue weighted by Crippen LogP contribution is -2.30. The number of pyridine rings is 1. The summed E-state index contributed by atoms with van der Waals surface area (Å²) in [6.07, 6.45) is -0.927. The SMILES string of the molecule is CNC1(Cc2cccnc2C(F)(F)F)CC1. The van der Waals surface area contributed by atoms with Crippen LogP contribution in [0.25, 0.3) is 0 Å². The third-order valence-electron chi connectivity index (χ3n) is 3.07. The number of likely N-dealkylation sites (N-methyl/N-ethyl adjacent to an activating group) is 1. The molecule has 2 rings (SSSR count). The lowest BCUT2D eigenvalue weighted by molar-refractivity contribution is -0.141. The predicted molar refractivity (Wildman–Crippen MR) is 54.0 cm³/mol. The fraction of sp³-hybridized carbons (Fsp3) is 0.545. The number of halogens is 3. The second-order valence-corrected chi connectivity index (χ2v) is 4.22. The summed E-state index contributed by atoms with van der Waals surface area (Å²) in [6.45, 7) is 0. The van der Waals surface area contributed by atoms with Gasteiger partial charge in [0.2, 0.25) is 0 Å². The van der Waals surface area contributed by atoms with Gasteiger partial charge in [-0.2, -0.15) is 13.2 Å². The zero-order valence-electron chi connectivity index (χ0n) is 8.93. The highest BCUT2D eigenvalue weighted by Crippen LogP contribution is 2.40. The molecule has 1 aromatic rings. The molecule has 1 aromatic heterocycles. The Labute approximate surface area is 91.9 Å². The number of hydrogen-bond donors (Lipinski definition) is 1. The Bertz CT molecular complexity index is 383. The van der Waals surface area contributed by atoms with Crippen molar-refractivity contribution in [3.8, 4) is 0 Å². The van der Waals surface area contributed by atoms with Gasteiger partial charge in [-0.15, -0.1) is 0 Å². The largest absolute Gasteiger partial charge is 0.433 e. The highest BCUT2D eigenvalue weighted by molar-refractivity contribution is 5.27. The zero-order chi connectivity index (χ0) is 11.8. The molecule has 0 atom stereocenters. The second-order valence-electron chi connectivity index (χ2n) is 4.22. The van der Waals surface area contributed by atoms with E-state index < -0.39 is 11.9 Å². The highest BCUT2D eigenvalue weighted by atomic mass is 19.4. The van der Waals surface area contributed by atoms with Gasteiger partial charge >= 0.3 is 6.18 Å². The molecule has 1 fully saturated rings. The molecule has 16 heavy (non-hydrogen) atoms. The van der Waals surface area contributed by atoms with Crippen molar-refractivity contribution in [1.82, 2.24) is 10.3 Å². The Morgan fingerprint density at radius 3 is 2.62 bits per heavy atom. The summed E-state index contributed by atoms with van der Waals surface area (Å²) in [5.41, 5.74) is -0.610. The van der Waals surface area contributed by atoms with Gasteiger partial charge in [0.1, 0.15) is 5.69 Å². The van der Waals surface area contributed by atoms with Crippen molar-refractivity contribution in [2.45, 2.75) is 31.0 Å². The molecule has 0 amide bonds. The Morgan fingerprint density at radius 2 is 2.12 bits per heavy atom. The van der Waals surface area contributed by atoms with Crippen molar-refractivity contribution < 1.29 is 13.2 Å². The summed E-state index contributed by atoms with van der Waals surface area (Å²) in [4.78, 5) is 3.44. The van der Waals surface area contributed by atoms with Crippen LogP contribution in [-0.2, 0) is 12.6 Å². The van der Waals surface area contributed by atoms with Gasteiger partial charge in [-0.25, -0.2) is 0 Å². The molecule has 5 heteroatoms. The summed E-state index contributed by atoms with van der Waals surface area (Å²) < 4.78 is 38.0. The smallest absolute Gasteiger partial charge is 0.314 e. The van der Waals surface area contributed by atoms with Crippen LogP contribution in [0, 0.1) is 0 Å². The Kier molecular flexibility index (Phi) is 2.66. The van der Waals surface area contributed by atoms with Gasteiger partial charge in [0.15, 0.2) is 0 Å². The topological polar surface area (TPSA) is 24.9 Å². The van der Waals surface area contributed by atoms with Gasteiger partial charge < -0.3 is 5.32 Å². The van der Waals surface area contributed by atoms with Crippen molar-refractivity contribution in [3.05, 3.63) is 29.6 Å². The van der Waals surface area contributed by atoms with E-state index in [0.717, 1.165) is 12.8 Å². The van der Waals surface area contributed by atoms with E-state index in [4.69, 9.17) is 0 Å². The first-order valence-electron chi connectivity index (χ1n) is 5.17. The molecule has 0 aromatic carbocycles. The summed E-state index contributed by atoms with van der Waals surface area (Å²) in [5, 5.41) is 3.08. The maximum atomic E-state index is 12.7. The van der Waals surface area contributed by atoms with Crippen LogP contribution in [0.4, 0.5) is 13.2 Å². The molecule has 88 valence electrons. The molecule has 0 spiro atoms. The van der Waals surface area contributed by atoms with E-state index >= 15 is 0 Å². The molecule has 0 saturated heterocycles. The van der Waals surface area contributed by atoms with E-state index in [0.29, 0.717) is 6.42 Å². The van der Waals surface area contributed by atoms with Crippen LogP contribution in [0.5, 0.6) is 0 Å². The van der Waals surface area contributed by atoms with Gasteiger partial charge in [-0.05, 0) is 37.9 Å². The maximum Gasteiger partial charge on any atom is 0.433 e. The fourth-order valence-corrected chi connectivity index (χ4v) is 1.87. The molecule has 2 nitrogen and oxygen atoms in total. The number of rotatable bonds is 3. The molecule has 0 aliphatic heterocycles. The van der Waals surface area contributed by atoms with Crippen molar-refractivity contribution >= 4 is 0 Å². The monoisotopic (exact) mass is 230 g/mol. The van der Waals surface area contributed by atoms with E-state index in [1.54, 1.807) is 13.1 Å². The molecule has 1 N–H and O–H groups in total. The Hall–Kier alpha value is -1.10. The minimum Gasteiger partial charge on any atom is -0.314 e. The lowest BCUT2D eigenvalue weighted by atomic mass is 10.0. The van der Waals surface area contributed by atoms with E-state index in [9.17, 15) is 13.2 Å². The number of nitrogens with one attached hydrogen (secondary N) is 1. The summed E-state index contributed by atoms with van der Waals surface area (Å²) in [5.74, 6) is 0. The van der Waals surface area contributed by atoms with Crippen LogP contribution in [0.2, 0.25) is 0 Å². The first-order chi connectivity index (χ1) is 7.47. The summed E-state index contributed by atoms with van der Waals surface area (Å²) >= 11 is 0. The van der Waals surface area contributed by atoms with Gasteiger partial charge in [-0.1, -0.05) is 6.07 Å². The highest BCUT2D eigenvalue weighted by Gasteiger charge is 2.43. The van der Waals surface area contributed by atoms with Crippen molar-refractivity contribution in [2.24, 2.45) is 0 Å². The van der Waals surface area contributed by atoms with Gasteiger partial charge in [0.05, 0.1) is 0 Å². The predicted octanol–water partition coefficient (Wildman–Crippen LogP) is 2.39. The lowest BCUT2D eigenvalue weighted by Gasteiger charge is -2.17. The van der Waals surface area contributed by atoms with E-state index in [2.05, 4.69) is 10.3 Å². The van der Waals surface area contributed by atoms with Gasteiger partial charge in [-0.3, -0.25) is 4.98 Å². The van der Waals surface area contributed by atoms with Crippen LogP contribution in [0.3, 0.4) is 0 Å². The standard InChI is InChI=1S/C11H13F3N2/c1-15-10(4-5-10)7-8-3-2-6-16-9(8)11(12,13)14/h2-3,6,15H,4-5,7H2,1H3. The molecule has 1 heterocycles. The molecular weight excluding hydrogens is 217 g/mol. The fourth-order valence-electron chi connectivity index (χ4n) is 1.87. The van der Waals surface area contributed by atoms with Crippen molar-refractivity contribution in [1.29, 1.82) is 0 Å². The number of alkyl halides is 3. The summed E-state index contributed by atoms with van der Waals surface area (Å²) in [6, 6.07) is 3.06. The van der Waals surface area contributed by atoms with Crippen LogP contribution >= 0.6 is 0 Å². The third kappa shape index (κ3) is 2.19. The normalized spacial score (nSPS) is 18.5. The summed E-state index contributed by atoms with van der Waals surface area (Å²) in [7, 11) is 1.79. The minimum absolute atomic E-state index is 0.136. The van der Waals surface area contributed by atoms with Crippen LogP contribution < -0.4 is 5.32 Å².